The Morgan fingerprint density at radius 2 is 2.11 bits per heavy atom. The normalized spacial score (nSPS) is 31.5. The lowest BCUT2D eigenvalue weighted by atomic mass is 9.92. The number of hydrogen-bond donors (Lipinski definition) is 0. The third-order valence-corrected chi connectivity index (χ3v) is 4.16. The van der Waals surface area contributed by atoms with Crippen molar-refractivity contribution >= 4 is 5.91 Å². The molecule has 3 rings (SSSR count). The van der Waals surface area contributed by atoms with Gasteiger partial charge >= 0.3 is 0 Å². The summed E-state index contributed by atoms with van der Waals surface area (Å²) < 4.78 is 5.90. The first-order chi connectivity index (χ1) is 8.81. The predicted octanol–water partition coefficient (Wildman–Crippen LogP) is 2.73. The van der Waals surface area contributed by atoms with Crippen LogP contribution < -0.4 is 0 Å². The molecule has 2 saturated heterocycles. The van der Waals surface area contributed by atoms with Crippen LogP contribution in [-0.2, 0) is 9.53 Å². The monoisotopic (exact) mass is 245 g/mol. The molecule has 0 aromatic heterocycles. The molecule has 0 aliphatic carbocycles. The Kier molecular flexibility index (Phi) is 3.08. The van der Waals surface area contributed by atoms with E-state index >= 15 is 0 Å². The van der Waals surface area contributed by atoms with Crippen molar-refractivity contribution in [2.24, 2.45) is 5.92 Å². The maximum atomic E-state index is 12.2. The summed E-state index contributed by atoms with van der Waals surface area (Å²) in [6.45, 7) is 2.81. The van der Waals surface area contributed by atoms with Crippen LogP contribution >= 0.6 is 0 Å². The first-order valence-corrected chi connectivity index (χ1v) is 6.79. The van der Waals surface area contributed by atoms with Crippen molar-refractivity contribution in [2.45, 2.75) is 38.5 Å². The van der Waals surface area contributed by atoms with E-state index in [9.17, 15) is 4.79 Å². The SMILES string of the molecule is CCC1CCC(=O)N2C(c3ccccc3)COC12. The maximum Gasteiger partial charge on any atom is 0.225 e. The molecule has 1 amide bonds. The van der Waals surface area contributed by atoms with E-state index in [0.717, 1.165) is 12.8 Å². The van der Waals surface area contributed by atoms with Gasteiger partial charge in [0.25, 0.3) is 0 Å². The lowest BCUT2D eigenvalue weighted by molar-refractivity contribution is -0.147. The molecule has 2 aliphatic rings. The highest BCUT2D eigenvalue weighted by Crippen LogP contribution is 2.39. The second-order valence-corrected chi connectivity index (χ2v) is 5.16. The molecule has 1 aromatic carbocycles. The van der Waals surface area contributed by atoms with Crippen molar-refractivity contribution < 1.29 is 9.53 Å². The van der Waals surface area contributed by atoms with Crippen LogP contribution in [0, 0.1) is 5.92 Å². The fourth-order valence-electron chi connectivity index (χ4n) is 3.12. The molecule has 1 aromatic rings. The van der Waals surface area contributed by atoms with Crippen molar-refractivity contribution in [3.63, 3.8) is 0 Å². The van der Waals surface area contributed by atoms with Gasteiger partial charge in [-0.3, -0.25) is 4.79 Å². The highest BCUT2D eigenvalue weighted by Gasteiger charge is 2.44. The van der Waals surface area contributed by atoms with Gasteiger partial charge in [-0.15, -0.1) is 0 Å². The average Bonchev–Trinajstić information content (AvgIpc) is 2.86. The minimum atomic E-state index is 0.00135. The largest absolute Gasteiger partial charge is 0.355 e. The highest BCUT2D eigenvalue weighted by molar-refractivity contribution is 5.78. The number of piperidine rings is 1. The first-order valence-electron chi connectivity index (χ1n) is 6.79. The van der Waals surface area contributed by atoms with Gasteiger partial charge in [-0.25, -0.2) is 0 Å². The van der Waals surface area contributed by atoms with Crippen molar-refractivity contribution in [1.82, 2.24) is 4.90 Å². The van der Waals surface area contributed by atoms with Crippen LogP contribution in [0.25, 0.3) is 0 Å². The van der Waals surface area contributed by atoms with E-state index in [2.05, 4.69) is 19.1 Å². The molecule has 96 valence electrons. The Hall–Kier alpha value is -1.35. The van der Waals surface area contributed by atoms with Crippen molar-refractivity contribution in [1.29, 1.82) is 0 Å². The Labute approximate surface area is 108 Å². The molecular weight excluding hydrogens is 226 g/mol. The van der Waals surface area contributed by atoms with Crippen molar-refractivity contribution in [3.05, 3.63) is 35.9 Å². The molecule has 18 heavy (non-hydrogen) atoms. The van der Waals surface area contributed by atoms with Gasteiger partial charge in [0.1, 0.15) is 6.23 Å². The molecule has 0 saturated carbocycles. The van der Waals surface area contributed by atoms with Crippen molar-refractivity contribution in [3.8, 4) is 0 Å². The Morgan fingerprint density at radius 1 is 1.33 bits per heavy atom. The predicted molar refractivity (Wildman–Crippen MR) is 68.8 cm³/mol. The number of carbonyl (C=O) groups is 1. The Morgan fingerprint density at radius 3 is 2.83 bits per heavy atom. The second-order valence-electron chi connectivity index (χ2n) is 5.16. The Bertz CT molecular complexity index is 431. The molecule has 2 heterocycles. The zero-order valence-corrected chi connectivity index (χ0v) is 10.7. The number of rotatable bonds is 2. The molecule has 0 spiro atoms. The summed E-state index contributed by atoms with van der Waals surface area (Å²) >= 11 is 0. The molecule has 3 unspecified atom stereocenters. The van der Waals surface area contributed by atoms with Gasteiger partial charge in [-0.1, -0.05) is 37.3 Å². The number of nitrogens with zero attached hydrogens (tertiary/aromatic N) is 1. The zero-order chi connectivity index (χ0) is 12.5. The molecular formula is C15H19NO2. The first kappa shape index (κ1) is 11.7. The number of carbonyl (C=O) groups excluding carboxylic acids is 1. The van der Waals surface area contributed by atoms with Gasteiger partial charge in [0.05, 0.1) is 12.6 Å². The van der Waals surface area contributed by atoms with E-state index in [-0.39, 0.29) is 18.2 Å². The zero-order valence-electron chi connectivity index (χ0n) is 10.7. The number of benzene rings is 1. The Balaban J connectivity index is 1.88. The summed E-state index contributed by atoms with van der Waals surface area (Å²) in [5, 5.41) is 0. The quantitative estimate of drug-likeness (QED) is 0.801. The number of hydrogen-bond acceptors (Lipinski definition) is 2. The van der Waals surface area contributed by atoms with Crippen LogP contribution in [-0.4, -0.2) is 23.6 Å². The lowest BCUT2D eigenvalue weighted by Gasteiger charge is -2.37. The summed E-state index contributed by atoms with van der Waals surface area (Å²) in [6.07, 6.45) is 2.72. The molecule has 3 heteroatoms. The average molecular weight is 245 g/mol. The van der Waals surface area contributed by atoms with Crippen LogP contribution in [0.3, 0.4) is 0 Å². The van der Waals surface area contributed by atoms with Gasteiger partial charge in [-0.2, -0.15) is 0 Å². The molecule has 0 N–H and O–H groups in total. The molecule has 0 radical (unpaired) electrons. The minimum absolute atomic E-state index is 0.00135. The van der Waals surface area contributed by atoms with E-state index in [1.54, 1.807) is 0 Å². The number of ether oxygens (including phenoxy) is 1. The summed E-state index contributed by atoms with van der Waals surface area (Å²) in [5.41, 5.74) is 1.19. The number of fused-ring (bicyclic) bond motifs is 1. The standard InChI is InChI=1S/C15H19NO2/c1-2-11-8-9-14(17)16-13(10-18-15(11)16)12-6-4-3-5-7-12/h3-7,11,13,15H,2,8-10H2,1H3. The van der Waals surface area contributed by atoms with E-state index in [1.165, 1.54) is 5.56 Å². The molecule has 3 atom stereocenters. The summed E-state index contributed by atoms with van der Waals surface area (Å²) in [7, 11) is 0. The van der Waals surface area contributed by atoms with E-state index < -0.39 is 0 Å². The van der Waals surface area contributed by atoms with Gasteiger partial charge in [0, 0.05) is 12.3 Å². The summed E-state index contributed by atoms with van der Waals surface area (Å²) in [4.78, 5) is 14.1. The maximum absolute atomic E-state index is 12.2. The van der Waals surface area contributed by atoms with Gasteiger partial charge in [0.15, 0.2) is 0 Å². The molecule has 3 nitrogen and oxygen atoms in total. The van der Waals surface area contributed by atoms with E-state index in [1.807, 2.05) is 23.1 Å². The second kappa shape index (κ2) is 4.73. The summed E-state index contributed by atoms with van der Waals surface area (Å²) in [5.74, 6) is 0.743. The summed E-state index contributed by atoms with van der Waals surface area (Å²) in [6, 6.07) is 10.3. The van der Waals surface area contributed by atoms with Gasteiger partial charge in [-0.05, 0) is 18.4 Å². The van der Waals surface area contributed by atoms with E-state index in [4.69, 9.17) is 4.74 Å². The smallest absolute Gasteiger partial charge is 0.225 e. The fraction of sp³-hybridized carbons (Fsp3) is 0.533. The van der Waals surface area contributed by atoms with E-state index in [0.29, 0.717) is 18.9 Å². The molecule has 2 fully saturated rings. The molecule has 0 bridgehead atoms. The van der Waals surface area contributed by atoms with Crippen LogP contribution in [0.4, 0.5) is 0 Å². The lowest BCUT2D eigenvalue weighted by Crippen LogP contribution is -2.46. The minimum Gasteiger partial charge on any atom is -0.355 e. The molecule has 2 aliphatic heterocycles. The van der Waals surface area contributed by atoms with Crippen LogP contribution in [0.2, 0.25) is 0 Å². The van der Waals surface area contributed by atoms with Crippen molar-refractivity contribution in [2.75, 3.05) is 6.61 Å². The van der Waals surface area contributed by atoms with Crippen LogP contribution in [0.5, 0.6) is 0 Å². The van der Waals surface area contributed by atoms with Crippen LogP contribution in [0.15, 0.2) is 30.3 Å². The third-order valence-electron chi connectivity index (χ3n) is 4.16. The van der Waals surface area contributed by atoms with Crippen LogP contribution in [0.1, 0.15) is 37.8 Å². The fourth-order valence-corrected chi connectivity index (χ4v) is 3.12. The van der Waals surface area contributed by atoms with Gasteiger partial charge in [0.2, 0.25) is 5.91 Å². The number of amides is 1. The highest BCUT2D eigenvalue weighted by atomic mass is 16.5. The van der Waals surface area contributed by atoms with Gasteiger partial charge < -0.3 is 9.64 Å². The third kappa shape index (κ3) is 1.83. The topological polar surface area (TPSA) is 29.5 Å².